The SMILES string of the molecule is CCOc1ccccc1OC(C)CNC. The molecule has 15 heavy (non-hydrogen) atoms. The smallest absolute Gasteiger partial charge is 0.161 e. The molecule has 0 amide bonds. The maximum absolute atomic E-state index is 5.75. The van der Waals surface area contributed by atoms with E-state index in [1.807, 2.05) is 45.2 Å². The summed E-state index contributed by atoms with van der Waals surface area (Å²) >= 11 is 0. The number of para-hydroxylation sites is 2. The van der Waals surface area contributed by atoms with Crippen LogP contribution in [-0.4, -0.2) is 26.3 Å². The van der Waals surface area contributed by atoms with Crippen molar-refractivity contribution in [3.8, 4) is 11.5 Å². The first-order valence-corrected chi connectivity index (χ1v) is 5.31. The predicted molar refractivity (Wildman–Crippen MR) is 61.6 cm³/mol. The summed E-state index contributed by atoms with van der Waals surface area (Å²) in [6.45, 7) is 5.47. The van der Waals surface area contributed by atoms with E-state index in [9.17, 15) is 0 Å². The van der Waals surface area contributed by atoms with Crippen molar-refractivity contribution in [2.24, 2.45) is 0 Å². The number of benzene rings is 1. The van der Waals surface area contributed by atoms with Crippen LogP contribution in [0, 0.1) is 0 Å². The molecule has 0 saturated carbocycles. The van der Waals surface area contributed by atoms with Crippen molar-refractivity contribution in [1.82, 2.24) is 5.32 Å². The van der Waals surface area contributed by atoms with Crippen molar-refractivity contribution in [3.63, 3.8) is 0 Å². The fourth-order valence-electron chi connectivity index (χ4n) is 1.37. The van der Waals surface area contributed by atoms with E-state index in [0.29, 0.717) is 6.61 Å². The summed E-state index contributed by atoms with van der Waals surface area (Å²) in [5, 5.41) is 3.07. The number of hydrogen-bond acceptors (Lipinski definition) is 3. The van der Waals surface area contributed by atoms with Gasteiger partial charge in [-0.15, -0.1) is 0 Å². The lowest BCUT2D eigenvalue weighted by Gasteiger charge is -2.16. The van der Waals surface area contributed by atoms with Gasteiger partial charge in [0.2, 0.25) is 0 Å². The van der Waals surface area contributed by atoms with Crippen LogP contribution in [0.5, 0.6) is 11.5 Å². The number of hydrogen-bond donors (Lipinski definition) is 1. The summed E-state index contributed by atoms with van der Waals surface area (Å²) in [6, 6.07) is 7.74. The van der Waals surface area contributed by atoms with Crippen LogP contribution in [0.1, 0.15) is 13.8 Å². The summed E-state index contributed by atoms with van der Waals surface area (Å²) < 4.78 is 11.2. The number of rotatable bonds is 6. The molecule has 0 aliphatic rings. The van der Waals surface area contributed by atoms with E-state index in [0.717, 1.165) is 18.0 Å². The molecule has 1 aromatic carbocycles. The fourth-order valence-corrected chi connectivity index (χ4v) is 1.37. The largest absolute Gasteiger partial charge is 0.490 e. The van der Waals surface area contributed by atoms with Crippen molar-refractivity contribution in [2.75, 3.05) is 20.2 Å². The third-order valence-electron chi connectivity index (χ3n) is 1.97. The van der Waals surface area contributed by atoms with Gasteiger partial charge in [-0.05, 0) is 33.0 Å². The van der Waals surface area contributed by atoms with Gasteiger partial charge in [-0.25, -0.2) is 0 Å². The van der Waals surface area contributed by atoms with Crippen LogP contribution >= 0.6 is 0 Å². The number of ether oxygens (including phenoxy) is 2. The van der Waals surface area contributed by atoms with Gasteiger partial charge in [0.05, 0.1) is 6.61 Å². The van der Waals surface area contributed by atoms with Gasteiger partial charge in [-0.2, -0.15) is 0 Å². The van der Waals surface area contributed by atoms with Gasteiger partial charge < -0.3 is 14.8 Å². The molecule has 1 aromatic rings. The van der Waals surface area contributed by atoms with Crippen molar-refractivity contribution in [1.29, 1.82) is 0 Å². The third kappa shape index (κ3) is 3.80. The first kappa shape index (κ1) is 11.9. The van der Waals surface area contributed by atoms with E-state index in [-0.39, 0.29) is 6.10 Å². The standard InChI is InChI=1S/C12H19NO2/c1-4-14-11-7-5-6-8-12(11)15-10(2)9-13-3/h5-8,10,13H,4,9H2,1-3H3. The molecular weight excluding hydrogens is 190 g/mol. The highest BCUT2D eigenvalue weighted by Crippen LogP contribution is 2.27. The van der Waals surface area contributed by atoms with Gasteiger partial charge in [0.25, 0.3) is 0 Å². The van der Waals surface area contributed by atoms with Crippen molar-refractivity contribution in [2.45, 2.75) is 20.0 Å². The van der Waals surface area contributed by atoms with Crippen molar-refractivity contribution >= 4 is 0 Å². The monoisotopic (exact) mass is 209 g/mol. The molecule has 1 atom stereocenters. The summed E-state index contributed by atoms with van der Waals surface area (Å²) in [7, 11) is 1.91. The van der Waals surface area contributed by atoms with E-state index in [1.54, 1.807) is 0 Å². The Balaban J connectivity index is 2.66. The van der Waals surface area contributed by atoms with Crippen LogP contribution in [0.2, 0.25) is 0 Å². The van der Waals surface area contributed by atoms with Gasteiger partial charge in [-0.3, -0.25) is 0 Å². The highest BCUT2D eigenvalue weighted by Gasteiger charge is 2.07. The van der Waals surface area contributed by atoms with Crippen molar-refractivity contribution < 1.29 is 9.47 Å². The molecule has 0 spiro atoms. The van der Waals surface area contributed by atoms with Crippen LogP contribution in [0.3, 0.4) is 0 Å². The first-order valence-electron chi connectivity index (χ1n) is 5.31. The van der Waals surface area contributed by atoms with Gasteiger partial charge in [-0.1, -0.05) is 12.1 Å². The lowest BCUT2D eigenvalue weighted by molar-refractivity contribution is 0.206. The molecule has 0 radical (unpaired) electrons. The van der Waals surface area contributed by atoms with Crippen LogP contribution in [0.4, 0.5) is 0 Å². The summed E-state index contributed by atoms with van der Waals surface area (Å²) in [5.41, 5.74) is 0. The Labute approximate surface area is 91.4 Å². The predicted octanol–water partition coefficient (Wildman–Crippen LogP) is 2.07. The molecule has 1 unspecified atom stereocenters. The summed E-state index contributed by atoms with van der Waals surface area (Å²) in [6.07, 6.45) is 0.136. The average Bonchev–Trinajstić information content (AvgIpc) is 2.21. The minimum atomic E-state index is 0.136. The topological polar surface area (TPSA) is 30.5 Å². The normalized spacial score (nSPS) is 12.2. The fraction of sp³-hybridized carbons (Fsp3) is 0.500. The zero-order chi connectivity index (χ0) is 11.1. The number of nitrogens with one attached hydrogen (secondary N) is 1. The Morgan fingerprint density at radius 1 is 1.27 bits per heavy atom. The molecule has 0 saturated heterocycles. The Bertz CT molecular complexity index is 289. The van der Waals surface area contributed by atoms with Gasteiger partial charge in [0.1, 0.15) is 6.10 Å². The molecule has 0 fully saturated rings. The maximum atomic E-state index is 5.75. The molecule has 0 heterocycles. The maximum Gasteiger partial charge on any atom is 0.161 e. The minimum absolute atomic E-state index is 0.136. The molecular formula is C12H19NO2. The van der Waals surface area contributed by atoms with Gasteiger partial charge >= 0.3 is 0 Å². The first-order chi connectivity index (χ1) is 7.27. The van der Waals surface area contributed by atoms with Crippen LogP contribution < -0.4 is 14.8 Å². The molecule has 1 rings (SSSR count). The highest BCUT2D eigenvalue weighted by atomic mass is 16.5. The second-order valence-corrected chi connectivity index (χ2v) is 3.37. The molecule has 84 valence electrons. The Morgan fingerprint density at radius 3 is 2.53 bits per heavy atom. The molecule has 0 aliphatic carbocycles. The minimum Gasteiger partial charge on any atom is -0.490 e. The zero-order valence-electron chi connectivity index (χ0n) is 9.62. The van der Waals surface area contributed by atoms with E-state index in [4.69, 9.17) is 9.47 Å². The second kappa shape index (κ2) is 6.30. The molecule has 0 aliphatic heterocycles. The Kier molecular flexibility index (Phi) is 4.98. The Hall–Kier alpha value is -1.22. The third-order valence-corrected chi connectivity index (χ3v) is 1.97. The second-order valence-electron chi connectivity index (χ2n) is 3.37. The van der Waals surface area contributed by atoms with E-state index in [1.165, 1.54) is 0 Å². The summed E-state index contributed by atoms with van der Waals surface area (Å²) in [4.78, 5) is 0. The molecule has 3 heteroatoms. The van der Waals surface area contributed by atoms with Crippen LogP contribution in [0.25, 0.3) is 0 Å². The lowest BCUT2D eigenvalue weighted by atomic mass is 10.3. The van der Waals surface area contributed by atoms with Crippen LogP contribution in [0.15, 0.2) is 24.3 Å². The highest BCUT2D eigenvalue weighted by molar-refractivity contribution is 5.39. The van der Waals surface area contributed by atoms with Crippen LogP contribution in [-0.2, 0) is 0 Å². The summed E-state index contributed by atoms with van der Waals surface area (Å²) in [5.74, 6) is 1.62. The van der Waals surface area contributed by atoms with Gasteiger partial charge in [0, 0.05) is 6.54 Å². The lowest BCUT2D eigenvalue weighted by Crippen LogP contribution is -2.26. The zero-order valence-corrected chi connectivity index (χ0v) is 9.62. The van der Waals surface area contributed by atoms with Gasteiger partial charge in [0.15, 0.2) is 11.5 Å². The molecule has 1 N–H and O–H groups in total. The molecule has 3 nitrogen and oxygen atoms in total. The average molecular weight is 209 g/mol. The quantitative estimate of drug-likeness (QED) is 0.778. The molecule has 0 bridgehead atoms. The molecule has 0 aromatic heterocycles. The van der Waals surface area contributed by atoms with E-state index < -0.39 is 0 Å². The number of likely N-dealkylation sites (N-methyl/N-ethyl adjacent to an activating group) is 1. The van der Waals surface area contributed by atoms with Crippen molar-refractivity contribution in [3.05, 3.63) is 24.3 Å². The Morgan fingerprint density at radius 2 is 1.93 bits per heavy atom. The van der Waals surface area contributed by atoms with E-state index in [2.05, 4.69) is 5.32 Å². The van der Waals surface area contributed by atoms with E-state index >= 15 is 0 Å².